The lowest BCUT2D eigenvalue weighted by Gasteiger charge is -2.44. The highest BCUT2D eigenvalue weighted by Crippen LogP contribution is 2.66. The van der Waals surface area contributed by atoms with Crippen molar-refractivity contribution in [3.8, 4) is 0 Å². The third-order valence-corrected chi connectivity index (χ3v) is 36.7. The number of hydrogen-bond acceptors (Lipinski definition) is 8. The van der Waals surface area contributed by atoms with Gasteiger partial charge in [-0.3, -0.25) is 0 Å². The van der Waals surface area contributed by atoms with Crippen LogP contribution in [0.1, 0.15) is 70.2 Å². The molecule has 1 saturated carbocycles. The van der Waals surface area contributed by atoms with Crippen molar-refractivity contribution in [2.45, 2.75) is 84.1 Å². The Balaban J connectivity index is 0.660. The van der Waals surface area contributed by atoms with Gasteiger partial charge in [0.15, 0.2) is 11.6 Å². The molecule has 704 valence electrons. The summed E-state index contributed by atoms with van der Waals surface area (Å²) in [5, 5.41) is 116. The molecule has 8 nitrogen and oxygen atoms in total. The van der Waals surface area contributed by atoms with Gasteiger partial charge in [-0.1, -0.05) is 388 Å². The van der Waals surface area contributed by atoms with Crippen LogP contribution in [-0.2, 0) is 41.4 Å². The number of aliphatic hydroxyl groups is 4. The van der Waals surface area contributed by atoms with Crippen molar-refractivity contribution in [1.29, 1.82) is 0 Å². The summed E-state index contributed by atoms with van der Waals surface area (Å²) in [6, 6.07) is 157. The van der Waals surface area contributed by atoms with Gasteiger partial charge in [-0.05, 0) is 352 Å². The second kappa shape index (κ2) is 29.1. The summed E-state index contributed by atoms with van der Waals surface area (Å²) >= 11 is 0. The van der Waals surface area contributed by atoms with Crippen molar-refractivity contribution >= 4 is 259 Å². The molecule has 150 heavy (non-hydrogen) atoms. The summed E-state index contributed by atoms with van der Waals surface area (Å²) in [6.07, 6.45) is -6.25. The Morgan fingerprint density at radius 3 is 0.373 bits per heavy atom. The van der Waals surface area contributed by atoms with E-state index in [9.17, 15) is 0 Å². The van der Waals surface area contributed by atoms with Crippen molar-refractivity contribution in [2.75, 3.05) is 0 Å². The van der Waals surface area contributed by atoms with Crippen molar-refractivity contribution < 1.29 is 39.4 Å². The molecule has 0 bridgehead atoms. The van der Waals surface area contributed by atoms with Gasteiger partial charge in [0.05, 0.1) is 0 Å². The van der Waals surface area contributed by atoms with E-state index < -0.39 is 58.4 Å². The van der Waals surface area contributed by atoms with Crippen LogP contribution in [-0.4, -0.2) is 56.4 Å². The molecule has 32 aromatic rings. The SMILES string of the molecule is OC(c1cc2cccc3ccc4cccc1c4c32)(c1cc2cccc3ccc4cccc1c4c32)[C@H]1OC2(CCC3(CC2)O[C@H](C(O)(c2cc4cccc5ccc6cccc2c6c54)c2cc4cccc5ccc6cccc2c6c54)[C@@H](C(O)(c2cc4cccc5ccc6cccc2c6c54)c2cc4cccc5ccc6cccc2c6c54)O3)O[C@@H]1C(O)(c1cc2cccc3ccc4cccc1c4c32)c1cc2cccc3ccc4cccc1c4c32. The zero-order valence-corrected chi connectivity index (χ0v) is 81.1. The molecule has 1 aliphatic carbocycles. The first-order chi connectivity index (χ1) is 73.7. The number of ether oxygens (including phenoxy) is 4. The molecule has 2 saturated heterocycles. The van der Waals surface area contributed by atoms with Gasteiger partial charge in [0.2, 0.25) is 0 Å². The Kier molecular flexibility index (Phi) is 16.1. The lowest BCUT2D eigenvalue weighted by molar-refractivity contribution is -0.278. The Morgan fingerprint density at radius 1 is 0.140 bits per heavy atom. The lowest BCUT2D eigenvalue weighted by atomic mass is 9.68. The second-order valence-corrected chi connectivity index (χ2v) is 43.8. The van der Waals surface area contributed by atoms with Crippen molar-refractivity contribution in [2.24, 2.45) is 0 Å². The Labute approximate surface area is 857 Å². The minimum absolute atomic E-state index is 0.00699. The molecule has 3 aliphatic rings. The third kappa shape index (κ3) is 10.6. The van der Waals surface area contributed by atoms with E-state index in [4.69, 9.17) is 18.9 Å². The van der Waals surface area contributed by atoms with E-state index in [-0.39, 0.29) is 25.7 Å². The quantitative estimate of drug-likeness (QED) is 0.0894. The minimum atomic E-state index is -2.33. The maximum Gasteiger partial charge on any atom is 0.170 e. The molecule has 32 aromatic carbocycles. The first-order valence-corrected chi connectivity index (χ1v) is 52.7. The molecule has 35 rings (SSSR count). The Morgan fingerprint density at radius 2 is 0.247 bits per heavy atom. The predicted octanol–water partition coefficient (Wildman–Crippen LogP) is 33.4. The summed E-state index contributed by atoms with van der Waals surface area (Å²) in [6.45, 7) is 0. The molecule has 3 fully saturated rings. The normalized spacial score (nSPS) is 17.4. The Bertz CT molecular complexity index is 9590. The van der Waals surface area contributed by atoms with Gasteiger partial charge in [0.1, 0.15) is 46.8 Å². The zero-order chi connectivity index (χ0) is 98.2. The molecule has 4 N–H and O–H groups in total. The van der Waals surface area contributed by atoms with Crippen LogP contribution in [0.15, 0.2) is 437 Å². The summed E-state index contributed by atoms with van der Waals surface area (Å²) in [5.41, 5.74) is -4.70. The molecular formula is C142H88O8. The summed E-state index contributed by atoms with van der Waals surface area (Å²) in [7, 11) is 0. The summed E-state index contributed by atoms with van der Waals surface area (Å²) in [4.78, 5) is 0. The van der Waals surface area contributed by atoms with Gasteiger partial charge in [-0.25, -0.2) is 0 Å². The molecular weight excluding hydrogens is 1830 g/mol. The zero-order valence-electron chi connectivity index (χ0n) is 81.1. The molecule has 4 atom stereocenters. The average molecular weight is 1920 g/mol. The summed E-state index contributed by atoms with van der Waals surface area (Å²) in [5.74, 6) is -3.57. The highest BCUT2D eigenvalue weighted by molar-refractivity contribution is 6.33. The monoisotopic (exact) mass is 1920 g/mol. The number of hydrogen-bond donors (Lipinski definition) is 4. The topological polar surface area (TPSA) is 118 Å². The maximum atomic E-state index is 17.3. The minimum Gasteiger partial charge on any atom is -0.377 e. The van der Waals surface area contributed by atoms with E-state index in [1.165, 1.54) is 0 Å². The van der Waals surface area contributed by atoms with Crippen LogP contribution in [0.5, 0.6) is 0 Å². The molecule has 0 aromatic heterocycles. The molecule has 2 spiro atoms. The smallest absolute Gasteiger partial charge is 0.170 e. The van der Waals surface area contributed by atoms with Gasteiger partial charge >= 0.3 is 0 Å². The van der Waals surface area contributed by atoms with Crippen LogP contribution < -0.4 is 0 Å². The van der Waals surface area contributed by atoms with Gasteiger partial charge < -0.3 is 39.4 Å². The van der Waals surface area contributed by atoms with Gasteiger partial charge in [-0.2, -0.15) is 0 Å². The average Bonchev–Trinajstić information content (AvgIpc) is 1.40. The van der Waals surface area contributed by atoms with Crippen LogP contribution >= 0.6 is 0 Å². The van der Waals surface area contributed by atoms with Gasteiger partial charge in [0.25, 0.3) is 0 Å². The van der Waals surface area contributed by atoms with E-state index in [2.05, 4.69) is 437 Å². The molecule has 2 heterocycles. The molecule has 8 heteroatoms. The second-order valence-electron chi connectivity index (χ2n) is 43.8. The fourth-order valence-corrected chi connectivity index (χ4v) is 30.4. The predicted molar refractivity (Wildman–Crippen MR) is 617 cm³/mol. The molecule has 0 unspecified atom stereocenters. The standard InChI is InChI=1S/C142H88O8/c143-139(109-69-93-33-1-17-77-49-57-85-25-9-41-101(109)125(85)117(77)93,110-70-94-34-2-18-78-50-58-86-26-10-42-102(110)126(86)118(78)94)133-134(140(144,111-71-95-35-3-19-79-51-59-87-27-11-43-103(111)127(87)119(79)95)112-72-96-36-4-20-80-52-60-88-28-12-44-104(112)128(88)120(80)96)148-137(147-133)65-67-138(68-66-137)149-135(141(145,113-73-97-37-5-21-81-53-61-89-29-13-45-105(113)129(89)121(81)97)114-74-98-38-6-22-82-54-62-90-30-14-46-106(114)130(90)122(82)98)136(150-138)142(146,115-75-99-39-7-23-83-55-63-91-31-15-47-107(115)131(91)123(83)99)116-76-100-40-8-24-84-56-64-92-32-16-48-108(116)132(92)124(84)100/h1-64,69-76,133-136,143-146H,65-68H2/t133-,134-,135-,136-/m0/s1. The van der Waals surface area contributed by atoms with Crippen LogP contribution in [0.3, 0.4) is 0 Å². The lowest BCUT2D eigenvalue weighted by Crippen LogP contribution is -2.55. The molecule has 0 radical (unpaired) electrons. The molecule has 2 aliphatic heterocycles. The highest BCUT2D eigenvalue weighted by atomic mass is 16.8. The first kappa shape index (κ1) is 83.1. The largest absolute Gasteiger partial charge is 0.377 e. The van der Waals surface area contributed by atoms with Crippen molar-refractivity contribution in [1.82, 2.24) is 0 Å². The summed E-state index contributed by atoms with van der Waals surface area (Å²) < 4.78 is 35.8. The van der Waals surface area contributed by atoms with E-state index >= 15 is 20.4 Å². The van der Waals surface area contributed by atoms with Crippen LogP contribution in [0, 0.1) is 0 Å². The number of benzene rings is 32. The van der Waals surface area contributed by atoms with Gasteiger partial charge in [0, 0.05) is 25.7 Å². The molecule has 0 amide bonds. The fourth-order valence-electron chi connectivity index (χ4n) is 30.4. The third-order valence-electron chi connectivity index (χ3n) is 36.7. The first-order valence-electron chi connectivity index (χ1n) is 52.7. The van der Waals surface area contributed by atoms with E-state index in [1.54, 1.807) is 0 Å². The van der Waals surface area contributed by atoms with E-state index in [0.29, 0.717) is 44.5 Å². The van der Waals surface area contributed by atoms with Crippen LogP contribution in [0.4, 0.5) is 0 Å². The van der Waals surface area contributed by atoms with Crippen molar-refractivity contribution in [3.05, 3.63) is 481 Å². The highest BCUT2D eigenvalue weighted by Gasteiger charge is 2.70. The van der Waals surface area contributed by atoms with Crippen LogP contribution in [0.25, 0.3) is 259 Å². The van der Waals surface area contributed by atoms with Gasteiger partial charge in [-0.15, -0.1) is 0 Å². The fraction of sp³-hybridized carbons (Fsp3) is 0.0986. The van der Waals surface area contributed by atoms with E-state index in [0.717, 1.165) is 259 Å². The van der Waals surface area contributed by atoms with Crippen LogP contribution in [0.2, 0.25) is 0 Å². The van der Waals surface area contributed by atoms with E-state index in [1.807, 2.05) is 0 Å². The number of rotatable bonds is 12. The Hall–Kier alpha value is -17.0. The van der Waals surface area contributed by atoms with Crippen molar-refractivity contribution in [3.63, 3.8) is 0 Å². The maximum absolute atomic E-state index is 17.3.